The highest BCUT2D eigenvalue weighted by Crippen LogP contribution is 2.20. The Balaban J connectivity index is 2.33. The molecule has 0 unspecified atom stereocenters. The van der Waals surface area contributed by atoms with Crippen LogP contribution in [-0.4, -0.2) is 24.8 Å². The third-order valence-electron chi connectivity index (χ3n) is 2.63. The Kier molecular flexibility index (Phi) is 3.74. The van der Waals surface area contributed by atoms with Gasteiger partial charge in [-0.15, -0.1) is 0 Å². The van der Waals surface area contributed by atoms with Crippen molar-refractivity contribution in [2.24, 2.45) is 5.92 Å². The van der Waals surface area contributed by atoms with Gasteiger partial charge in [0, 0.05) is 24.8 Å². The Labute approximate surface area is 82.0 Å². The second-order valence-corrected chi connectivity index (χ2v) is 5.13. The summed E-state index contributed by atoms with van der Waals surface area (Å²) < 4.78 is 5.35. The molecule has 0 amide bonds. The lowest BCUT2D eigenvalue weighted by Crippen LogP contribution is -2.46. The number of hydrogen-bond acceptors (Lipinski definition) is 2. The smallest absolute Gasteiger partial charge is 0.0469 e. The lowest BCUT2D eigenvalue weighted by molar-refractivity contribution is 0.0526. The average Bonchev–Trinajstić information content (AvgIpc) is 2.03. The summed E-state index contributed by atoms with van der Waals surface area (Å²) in [4.78, 5) is 0. The minimum Gasteiger partial charge on any atom is -0.381 e. The third kappa shape index (κ3) is 4.10. The van der Waals surface area contributed by atoms with Crippen LogP contribution in [0.2, 0.25) is 0 Å². The molecule has 1 fully saturated rings. The fourth-order valence-corrected chi connectivity index (χ4v) is 2.02. The van der Waals surface area contributed by atoms with Gasteiger partial charge in [-0.3, -0.25) is 0 Å². The second-order valence-electron chi connectivity index (χ2n) is 5.13. The molecule has 0 aliphatic carbocycles. The molecule has 1 rings (SSSR count). The average molecular weight is 185 g/mol. The molecule has 1 aliphatic rings. The van der Waals surface area contributed by atoms with Gasteiger partial charge in [-0.1, -0.05) is 0 Å². The molecule has 0 aromatic heterocycles. The lowest BCUT2D eigenvalue weighted by Gasteiger charge is -2.33. The highest BCUT2D eigenvalue weighted by molar-refractivity contribution is 4.81. The minimum absolute atomic E-state index is 0.234. The molecule has 1 atom stereocenters. The van der Waals surface area contributed by atoms with Crippen LogP contribution in [-0.2, 0) is 4.74 Å². The normalized spacial score (nSPS) is 23.1. The van der Waals surface area contributed by atoms with E-state index in [1.807, 2.05) is 0 Å². The van der Waals surface area contributed by atoms with Crippen molar-refractivity contribution >= 4 is 0 Å². The first-order valence-electron chi connectivity index (χ1n) is 5.34. The second kappa shape index (κ2) is 4.43. The standard InChI is InChI=1S/C11H23NO/c1-9(12-11(2,3)4)10-5-7-13-8-6-10/h9-10,12H,5-8H2,1-4H3/t9-/m1/s1. The molecule has 13 heavy (non-hydrogen) atoms. The fourth-order valence-electron chi connectivity index (χ4n) is 2.02. The third-order valence-corrected chi connectivity index (χ3v) is 2.63. The lowest BCUT2D eigenvalue weighted by atomic mass is 9.91. The van der Waals surface area contributed by atoms with Crippen molar-refractivity contribution < 1.29 is 4.74 Å². The summed E-state index contributed by atoms with van der Waals surface area (Å²) in [5.41, 5.74) is 0.234. The largest absolute Gasteiger partial charge is 0.381 e. The van der Waals surface area contributed by atoms with Crippen LogP contribution in [0, 0.1) is 5.92 Å². The number of rotatable bonds is 2. The van der Waals surface area contributed by atoms with Crippen LogP contribution in [0.3, 0.4) is 0 Å². The zero-order valence-corrected chi connectivity index (χ0v) is 9.39. The molecule has 78 valence electrons. The maximum absolute atomic E-state index is 5.35. The van der Waals surface area contributed by atoms with Gasteiger partial charge in [0.2, 0.25) is 0 Å². The van der Waals surface area contributed by atoms with Gasteiger partial charge in [-0.05, 0) is 46.5 Å². The van der Waals surface area contributed by atoms with Crippen LogP contribution >= 0.6 is 0 Å². The zero-order valence-electron chi connectivity index (χ0n) is 9.39. The summed E-state index contributed by atoms with van der Waals surface area (Å²) in [6, 6.07) is 0.615. The molecule has 0 aromatic carbocycles. The van der Waals surface area contributed by atoms with Crippen LogP contribution < -0.4 is 5.32 Å². The molecule has 1 saturated heterocycles. The van der Waals surface area contributed by atoms with Crippen LogP contribution in [0.5, 0.6) is 0 Å². The van der Waals surface area contributed by atoms with Crippen LogP contribution in [0.25, 0.3) is 0 Å². The van der Waals surface area contributed by atoms with Gasteiger partial charge in [0.25, 0.3) is 0 Å². The Bertz CT molecular complexity index is 145. The van der Waals surface area contributed by atoms with Crippen LogP contribution in [0.1, 0.15) is 40.5 Å². The summed E-state index contributed by atoms with van der Waals surface area (Å²) in [5.74, 6) is 0.799. The SMILES string of the molecule is C[C@@H](NC(C)(C)C)C1CCOCC1. The van der Waals surface area contributed by atoms with Crippen molar-refractivity contribution in [3.8, 4) is 0 Å². The summed E-state index contributed by atoms with van der Waals surface area (Å²) in [5, 5.41) is 3.63. The zero-order chi connectivity index (χ0) is 9.90. The van der Waals surface area contributed by atoms with E-state index in [2.05, 4.69) is 33.0 Å². The Morgan fingerprint density at radius 2 is 1.77 bits per heavy atom. The first-order valence-corrected chi connectivity index (χ1v) is 5.34. The van der Waals surface area contributed by atoms with Gasteiger partial charge in [-0.25, -0.2) is 0 Å². The summed E-state index contributed by atoms with van der Waals surface area (Å²) in [7, 11) is 0. The monoisotopic (exact) mass is 185 g/mol. The van der Waals surface area contributed by atoms with E-state index >= 15 is 0 Å². The van der Waals surface area contributed by atoms with E-state index in [4.69, 9.17) is 4.74 Å². The molecule has 2 heteroatoms. The fraction of sp³-hybridized carbons (Fsp3) is 1.00. The van der Waals surface area contributed by atoms with Crippen molar-refractivity contribution in [3.63, 3.8) is 0 Å². The van der Waals surface area contributed by atoms with E-state index in [0.717, 1.165) is 19.1 Å². The highest BCUT2D eigenvalue weighted by Gasteiger charge is 2.23. The van der Waals surface area contributed by atoms with Gasteiger partial charge >= 0.3 is 0 Å². The highest BCUT2D eigenvalue weighted by atomic mass is 16.5. The predicted molar refractivity (Wildman–Crippen MR) is 55.9 cm³/mol. The van der Waals surface area contributed by atoms with Crippen LogP contribution in [0.15, 0.2) is 0 Å². The van der Waals surface area contributed by atoms with E-state index in [-0.39, 0.29) is 5.54 Å². The van der Waals surface area contributed by atoms with Gasteiger partial charge in [0.1, 0.15) is 0 Å². The molecule has 1 N–H and O–H groups in total. The van der Waals surface area contributed by atoms with E-state index < -0.39 is 0 Å². The molecular formula is C11H23NO. The quantitative estimate of drug-likeness (QED) is 0.712. The maximum atomic E-state index is 5.35. The van der Waals surface area contributed by atoms with E-state index in [0.29, 0.717) is 6.04 Å². The topological polar surface area (TPSA) is 21.3 Å². The number of nitrogens with one attached hydrogen (secondary N) is 1. The van der Waals surface area contributed by atoms with E-state index in [1.54, 1.807) is 0 Å². The maximum Gasteiger partial charge on any atom is 0.0469 e. The molecule has 1 heterocycles. The van der Waals surface area contributed by atoms with Crippen molar-refractivity contribution in [1.29, 1.82) is 0 Å². The summed E-state index contributed by atoms with van der Waals surface area (Å²) in [6.07, 6.45) is 2.43. The first-order chi connectivity index (χ1) is 5.99. The van der Waals surface area contributed by atoms with Gasteiger partial charge < -0.3 is 10.1 Å². The van der Waals surface area contributed by atoms with E-state index in [1.165, 1.54) is 12.8 Å². The number of hydrogen-bond donors (Lipinski definition) is 1. The Morgan fingerprint density at radius 1 is 1.23 bits per heavy atom. The summed E-state index contributed by atoms with van der Waals surface area (Å²) >= 11 is 0. The van der Waals surface area contributed by atoms with Crippen molar-refractivity contribution in [2.45, 2.75) is 52.1 Å². The number of ether oxygens (including phenoxy) is 1. The van der Waals surface area contributed by atoms with Crippen molar-refractivity contribution in [1.82, 2.24) is 5.32 Å². The molecule has 0 spiro atoms. The Hall–Kier alpha value is -0.0800. The molecule has 0 saturated carbocycles. The molecule has 0 radical (unpaired) electrons. The molecule has 2 nitrogen and oxygen atoms in total. The van der Waals surface area contributed by atoms with Crippen molar-refractivity contribution in [2.75, 3.05) is 13.2 Å². The predicted octanol–water partition coefficient (Wildman–Crippen LogP) is 2.19. The minimum atomic E-state index is 0.234. The van der Waals surface area contributed by atoms with Gasteiger partial charge in [0.15, 0.2) is 0 Å². The van der Waals surface area contributed by atoms with Crippen LogP contribution in [0.4, 0.5) is 0 Å². The van der Waals surface area contributed by atoms with Crippen molar-refractivity contribution in [3.05, 3.63) is 0 Å². The van der Waals surface area contributed by atoms with E-state index in [9.17, 15) is 0 Å². The molecule has 0 bridgehead atoms. The summed E-state index contributed by atoms with van der Waals surface area (Å²) in [6.45, 7) is 10.9. The molecule has 1 aliphatic heterocycles. The Morgan fingerprint density at radius 3 is 2.23 bits per heavy atom. The molecular weight excluding hydrogens is 162 g/mol. The van der Waals surface area contributed by atoms with Gasteiger partial charge in [0.05, 0.1) is 0 Å². The van der Waals surface area contributed by atoms with Gasteiger partial charge in [-0.2, -0.15) is 0 Å². The first kappa shape index (κ1) is 11.0. The molecule has 0 aromatic rings.